The maximum Gasteiger partial charge on any atom is -1.00 e. The number of halogens is 2. The van der Waals surface area contributed by atoms with Crippen molar-refractivity contribution in [3.8, 4) is 0 Å². The summed E-state index contributed by atoms with van der Waals surface area (Å²) in [6.45, 7) is 31.4. The second-order valence-electron chi connectivity index (χ2n) is 17.6. The molecule has 0 spiro atoms. The summed E-state index contributed by atoms with van der Waals surface area (Å²) in [7, 11) is 0. The molecule has 6 aliphatic carbocycles. The summed E-state index contributed by atoms with van der Waals surface area (Å²) in [5.74, 6) is 1.93. The molecule has 0 radical (unpaired) electrons. The van der Waals surface area contributed by atoms with Crippen LogP contribution in [0.5, 0.6) is 0 Å². The van der Waals surface area contributed by atoms with Crippen molar-refractivity contribution in [1.82, 2.24) is 0 Å². The van der Waals surface area contributed by atoms with Gasteiger partial charge in [0, 0.05) is 0 Å². The van der Waals surface area contributed by atoms with Gasteiger partial charge in [-0.1, -0.05) is 0 Å². The summed E-state index contributed by atoms with van der Waals surface area (Å²) >= 11 is -2.52. The summed E-state index contributed by atoms with van der Waals surface area (Å²) in [4.78, 5) is 0. The fourth-order valence-corrected chi connectivity index (χ4v) is 25.4. The van der Waals surface area contributed by atoms with Crippen LogP contribution >= 0.6 is 0 Å². The van der Waals surface area contributed by atoms with E-state index in [1.54, 1.807) is 5.57 Å². The fourth-order valence-electron chi connectivity index (χ4n) is 12.8. The molecule has 9 unspecified atom stereocenters. The van der Waals surface area contributed by atoms with Gasteiger partial charge in [0.2, 0.25) is 0 Å². The van der Waals surface area contributed by atoms with E-state index >= 15 is 0 Å². The van der Waals surface area contributed by atoms with Gasteiger partial charge in [-0.2, -0.15) is 0 Å². The third kappa shape index (κ3) is 4.22. The monoisotopic (exact) mass is 736 g/mol. The molecule has 0 saturated heterocycles. The van der Waals surface area contributed by atoms with Gasteiger partial charge >= 0.3 is 280 Å². The van der Waals surface area contributed by atoms with Crippen LogP contribution in [0.1, 0.15) is 102 Å². The Balaban J connectivity index is 0.00000240. The summed E-state index contributed by atoms with van der Waals surface area (Å²) in [6.07, 6.45) is 39.2. The molecule has 0 nitrogen and oxygen atoms in total. The fraction of sp³-hybridized carbons (Fsp3) is 0.605. The largest absolute Gasteiger partial charge is 1.00 e. The van der Waals surface area contributed by atoms with E-state index in [2.05, 4.69) is 168 Å². The first kappa shape index (κ1) is 38.1. The van der Waals surface area contributed by atoms with Crippen molar-refractivity contribution < 1.29 is 46.1 Å². The van der Waals surface area contributed by atoms with Crippen molar-refractivity contribution in [3.63, 3.8) is 0 Å². The van der Waals surface area contributed by atoms with Crippen molar-refractivity contribution >= 4 is 3.21 Å². The Morgan fingerprint density at radius 3 is 1.70 bits per heavy atom. The van der Waals surface area contributed by atoms with Gasteiger partial charge in [0.05, 0.1) is 0 Å². The summed E-state index contributed by atoms with van der Waals surface area (Å²) < 4.78 is 4.53. The molecule has 0 aromatic carbocycles. The average molecular weight is 739 g/mol. The summed E-state index contributed by atoms with van der Waals surface area (Å²) in [6, 6.07) is 0. The number of hydrogen-bond donors (Lipinski definition) is 0. The Morgan fingerprint density at radius 2 is 1.20 bits per heavy atom. The van der Waals surface area contributed by atoms with E-state index in [0.717, 1.165) is 0 Å². The third-order valence-electron chi connectivity index (χ3n) is 15.6. The molecule has 9 atom stereocenters. The maximum absolute atomic E-state index is 2.84. The molecule has 0 aliphatic heterocycles. The van der Waals surface area contributed by atoms with Crippen molar-refractivity contribution in [2.45, 2.75) is 106 Å². The topological polar surface area (TPSA) is 0 Å². The van der Waals surface area contributed by atoms with Gasteiger partial charge in [0.25, 0.3) is 0 Å². The van der Waals surface area contributed by atoms with Gasteiger partial charge in [-0.15, -0.1) is 0 Å². The van der Waals surface area contributed by atoms with Crippen LogP contribution in [0.2, 0.25) is 3.63 Å². The van der Waals surface area contributed by atoms with Crippen LogP contribution in [0.3, 0.4) is 0 Å². The zero-order valence-corrected chi connectivity index (χ0v) is 34.7. The molecule has 250 valence electrons. The number of hydrogen-bond acceptors (Lipinski definition) is 0. The van der Waals surface area contributed by atoms with E-state index in [1.807, 2.05) is 6.49 Å². The van der Waals surface area contributed by atoms with Crippen molar-refractivity contribution in [2.75, 3.05) is 0 Å². The van der Waals surface area contributed by atoms with Crippen LogP contribution in [0, 0.1) is 55.7 Å². The predicted octanol–water partition coefficient (Wildman–Crippen LogP) is 5.97. The van der Waals surface area contributed by atoms with Crippen molar-refractivity contribution in [3.05, 3.63) is 93.9 Å². The molecule has 0 aromatic heterocycles. The maximum atomic E-state index is 2.84. The van der Waals surface area contributed by atoms with E-state index in [9.17, 15) is 0 Å². The molecule has 6 rings (SSSR count). The zero-order valence-electron chi connectivity index (χ0n) is 30.8. The van der Waals surface area contributed by atoms with Crippen LogP contribution in [-0.2, 0) is 21.3 Å². The van der Waals surface area contributed by atoms with Crippen LogP contribution < -0.4 is 24.8 Å². The van der Waals surface area contributed by atoms with E-state index in [0.29, 0.717) is 21.4 Å². The van der Waals surface area contributed by atoms with Gasteiger partial charge in [-0.3, -0.25) is 0 Å². The van der Waals surface area contributed by atoms with Gasteiger partial charge in [0.15, 0.2) is 0 Å². The standard InChI is InChI=1S/C29H37.C9H18.C5H5.2ClH.Zr/c1-21-14-13-15-22-20-27(6)25(4)18-10-9-16-23(25,2)24(3)17-11-12-19-26(24,5)29(27,8)28(21,22)7;1-8(2)6-5-7-9(3)4;1-2-4-5-3-1;;;/h9-20,22H,1-8H3;8-9H,6-7H2,1-4H3;1-3H,4H2;2*1H;/q;;;;;+2/p-2. The second kappa shape index (κ2) is 12.2. The molecule has 2 fully saturated rings. The van der Waals surface area contributed by atoms with Crippen LogP contribution in [0.15, 0.2) is 93.9 Å². The molecule has 0 aromatic rings. The number of rotatable bonds is 6. The SMILES string of the molecule is CC1=CC=CC2[CH]([Zr+2]([C]3=CC=CC3)=[C](CC(C)C)CC(C)C)C3(C)C4(C)C=CC=CC4(C)C4(C)C=CC=CC4(C)C3(C)C12C.[Cl-].[Cl-]. The van der Waals surface area contributed by atoms with E-state index in [4.69, 9.17) is 0 Å². The molecular weight excluding hydrogens is 679 g/mol. The van der Waals surface area contributed by atoms with Gasteiger partial charge in [0.1, 0.15) is 0 Å². The molecule has 0 N–H and O–H groups in total. The molecule has 6 aliphatic rings. The predicted molar refractivity (Wildman–Crippen MR) is 189 cm³/mol. The molecular formula is C43H60Cl2Zr. The van der Waals surface area contributed by atoms with Crippen molar-refractivity contribution in [2.24, 2.45) is 55.7 Å². The Bertz CT molecular complexity index is 1520. The number of allylic oxidation sites excluding steroid dienone is 16. The smallest absolute Gasteiger partial charge is 1.00 e. The molecule has 46 heavy (non-hydrogen) atoms. The zero-order chi connectivity index (χ0) is 32.1. The van der Waals surface area contributed by atoms with E-state index in [1.165, 1.54) is 19.3 Å². The van der Waals surface area contributed by atoms with Crippen LogP contribution in [-0.4, -0.2) is 3.21 Å². The minimum Gasteiger partial charge on any atom is -1.00 e. The molecule has 3 heteroatoms. The first-order valence-electron chi connectivity index (χ1n) is 17.7. The normalized spacial score (nSPS) is 43.9. The van der Waals surface area contributed by atoms with E-state index < -0.39 is 21.3 Å². The Hall–Kier alpha value is -0.747. The molecule has 0 heterocycles. The van der Waals surface area contributed by atoms with E-state index in [-0.39, 0.29) is 62.7 Å². The van der Waals surface area contributed by atoms with Gasteiger partial charge in [-0.25, -0.2) is 0 Å². The second-order valence-corrected chi connectivity index (χ2v) is 24.4. The first-order chi connectivity index (χ1) is 20.5. The first-order valence-corrected chi connectivity index (χ1v) is 21.6. The Morgan fingerprint density at radius 1 is 0.696 bits per heavy atom. The summed E-state index contributed by atoms with van der Waals surface area (Å²) in [5.41, 5.74) is 1.58. The van der Waals surface area contributed by atoms with Crippen LogP contribution in [0.4, 0.5) is 0 Å². The van der Waals surface area contributed by atoms with Crippen LogP contribution in [0.25, 0.3) is 0 Å². The van der Waals surface area contributed by atoms with Gasteiger partial charge < -0.3 is 24.8 Å². The molecule has 2 saturated carbocycles. The minimum atomic E-state index is -2.52. The Kier molecular flexibility index (Phi) is 10.1. The average Bonchev–Trinajstić information content (AvgIpc) is 3.53. The van der Waals surface area contributed by atoms with Crippen molar-refractivity contribution in [1.29, 1.82) is 0 Å². The molecule has 0 amide bonds. The third-order valence-corrected chi connectivity index (χ3v) is 24.9. The number of fused-ring (bicyclic) bond motifs is 8. The quantitative estimate of drug-likeness (QED) is 0.316. The minimum absolute atomic E-state index is 0. The Labute approximate surface area is 302 Å². The molecule has 0 bridgehead atoms. The summed E-state index contributed by atoms with van der Waals surface area (Å²) in [5, 5.41) is 0. The van der Waals surface area contributed by atoms with Gasteiger partial charge in [-0.05, 0) is 0 Å².